The minimum Gasteiger partial charge on any atom is -0.393 e. The lowest BCUT2D eigenvalue weighted by Crippen LogP contribution is -2.29. The van der Waals surface area contributed by atoms with Gasteiger partial charge in [0.25, 0.3) is 5.91 Å². The fourth-order valence-corrected chi connectivity index (χ4v) is 2.11. The van der Waals surface area contributed by atoms with Gasteiger partial charge in [0, 0.05) is 12.1 Å². The number of aryl methyl sites for hydroxylation is 2. The highest BCUT2D eigenvalue weighted by molar-refractivity contribution is 5.94. The zero-order valence-electron chi connectivity index (χ0n) is 12.0. The summed E-state index contributed by atoms with van der Waals surface area (Å²) in [5.41, 5.74) is 1.42. The van der Waals surface area contributed by atoms with Gasteiger partial charge in [0.15, 0.2) is 0 Å². The SMILES string of the molecule is Cc1cc(C(=O)NCC(C)CC(C)O)cc(C)c1F. The molecular weight excluding hydrogens is 245 g/mol. The van der Waals surface area contributed by atoms with Crippen LogP contribution in [0.4, 0.5) is 4.39 Å². The molecule has 2 atom stereocenters. The minimum absolute atomic E-state index is 0.201. The number of amides is 1. The Balaban J connectivity index is 2.64. The van der Waals surface area contributed by atoms with E-state index < -0.39 is 0 Å². The molecule has 4 heteroatoms. The molecule has 1 aromatic rings. The van der Waals surface area contributed by atoms with E-state index in [0.29, 0.717) is 29.7 Å². The fourth-order valence-electron chi connectivity index (χ4n) is 2.11. The summed E-state index contributed by atoms with van der Waals surface area (Å²) in [5, 5.41) is 12.1. The van der Waals surface area contributed by atoms with Gasteiger partial charge in [-0.1, -0.05) is 6.92 Å². The predicted octanol–water partition coefficient (Wildman–Crippen LogP) is 2.58. The molecule has 1 amide bonds. The Morgan fingerprint density at radius 2 is 1.84 bits per heavy atom. The van der Waals surface area contributed by atoms with Crippen LogP contribution >= 0.6 is 0 Å². The third kappa shape index (κ3) is 4.63. The Bertz CT molecular complexity index is 434. The Kier molecular flexibility index (Phi) is 5.48. The largest absolute Gasteiger partial charge is 0.393 e. The standard InChI is InChI=1S/C15H22FNO2/c1-9(5-12(4)18)8-17-15(19)13-6-10(2)14(16)11(3)7-13/h6-7,9,12,18H,5,8H2,1-4H3,(H,17,19). The number of hydrogen-bond acceptors (Lipinski definition) is 2. The summed E-state index contributed by atoms with van der Waals surface area (Å²) in [5.74, 6) is -0.269. The van der Waals surface area contributed by atoms with E-state index in [4.69, 9.17) is 0 Å². The van der Waals surface area contributed by atoms with Crippen LogP contribution in [-0.4, -0.2) is 23.7 Å². The van der Waals surface area contributed by atoms with Crippen molar-refractivity contribution < 1.29 is 14.3 Å². The first kappa shape index (κ1) is 15.6. The number of halogens is 1. The second-order valence-electron chi connectivity index (χ2n) is 5.32. The maximum Gasteiger partial charge on any atom is 0.251 e. The van der Waals surface area contributed by atoms with E-state index in [0.717, 1.165) is 0 Å². The number of aliphatic hydroxyl groups excluding tert-OH is 1. The second-order valence-corrected chi connectivity index (χ2v) is 5.32. The molecule has 0 bridgehead atoms. The molecule has 0 aromatic heterocycles. The Labute approximate surface area is 113 Å². The topological polar surface area (TPSA) is 49.3 Å². The van der Waals surface area contributed by atoms with Gasteiger partial charge >= 0.3 is 0 Å². The highest BCUT2D eigenvalue weighted by atomic mass is 19.1. The third-order valence-electron chi connectivity index (χ3n) is 3.05. The van der Waals surface area contributed by atoms with Crippen molar-refractivity contribution in [2.24, 2.45) is 5.92 Å². The van der Waals surface area contributed by atoms with Gasteiger partial charge in [0.1, 0.15) is 5.82 Å². The summed E-state index contributed by atoms with van der Waals surface area (Å²) >= 11 is 0. The molecule has 0 spiro atoms. The zero-order valence-corrected chi connectivity index (χ0v) is 12.0. The minimum atomic E-state index is -0.373. The summed E-state index contributed by atoms with van der Waals surface area (Å²) < 4.78 is 13.5. The quantitative estimate of drug-likeness (QED) is 0.861. The average Bonchev–Trinajstić information content (AvgIpc) is 2.31. The van der Waals surface area contributed by atoms with E-state index in [9.17, 15) is 14.3 Å². The van der Waals surface area contributed by atoms with Crippen LogP contribution in [0, 0.1) is 25.6 Å². The van der Waals surface area contributed by atoms with Gasteiger partial charge in [-0.15, -0.1) is 0 Å². The lowest BCUT2D eigenvalue weighted by Gasteiger charge is -2.14. The Morgan fingerprint density at radius 3 is 2.32 bits per heavy atom. The van der Waals surface area contributed by atoms with Crippen LogP contribution < -0.4 is 5.32 Å². The predicted molar refractivity (Wildman–Crippen MR) is 73.7 cm³/mol. The van der Waals surface area contributed by atoms with E-state index in [1.807, 2.05) is 6.92 Å². The maximum absolute atomic E-state index is 13.5. The van der Waals surface area contributed by atoms with Crippen molar-refractivity contribution in [1.29, 1.82) is 0 Å². The Hall–Kier alpha value is -1.42. The number of rotatable bonds is 5. The van der Waals surface area contributed by atoms with Crippen molar-refractivity contribution in [2.75, 3.05) is 6.54 Å². The van der Waals surface area contributed by atoms with Crippen LogP contribution in [0.5, 0.6) is 0 Å². The number of carbonyl (C=O) groups excluding carboxylic acids is 1. The van der Waals surface area contributed by atoms with Gasteiger partial charge in [0.2, 0.25) is 0 Å². The molecule has 0 aliphatic carbocycles. The highest BCUT2D eigenvalue weighted by Gasteiger charge is 2.12. The first-order valence-electron chi connectivity index (χ1n) is 6.54. The highest BCUT2D eigenvalue weighted by Crippen LogP contribution is 2.14. The van der Waals surface area contributed by atoms with E-state index in [1.54, 1.807) is 32.9 Å². The van der Waals surface area contributed by atoms with Crippen molar-refractivity contribution in [3.63, 3.8) is 0 Å². The molecule has 3 nitrogen and oxygen atoms in total. The van der Waals surface area contributed by atoms with Gasteiger partial charge in [-0.25, -0.2) is 4.39 Å². The van der Waals surface area contributed by atoms with Gasteiger partial charge in [0.05, 0.1) is 6.10 Å². The van der Waals surface area contributed by atoms with E-state index in [1.165, 1.54) is 0 Å². The molecule has 1 rings (SSSR count). The first-order valence-corrected chi connectivity index (χ1v) is 6.54. The third-order valence-corrected chi connectivity index (χ3v) is 3.05. The number of hydrogen-bond donors (Lipinski definition) is 2. The van der Waals surface area contributed by atoms with E-state index in [-0.39, 0.29) is 23.7 Å². The normalized spacial score (nSPS) is 14.0. The number of nitrogens with one attached hydrogen (secondary N) is 1. The maximum atomic E-state index is 13.5. The molecule has 106 valence electrons. The van der Waals surface area contributed by atoms with Gasteiger partial charge in [-0.2, -0.15) is 0 Å². The smallest absolute Gasteiger partial charge is 0.251 e. The van der Waals surface area contributed by atoms with Gasteiger partial charge in [-0.3, -0.25) is 4.79 Å². The molecule has 2 unspecified atom stereocenters. The van der Waals surface area contributed by atoms with E-state index >= 15 is 0 Å². The molecule has 0 saturated carbocycles. The van der Waals surface area contributed by atoms with Crippen molar-refractivity contribution in [3.8, 4) is 0 Å². The number of carbonyl (C=O) groups is 1. The molecule has 0 radical (unpaired) electrons. The van der Waals surface area contributed by atoms with Crippen molar-refractivity contribution in [1.82, 2.24) is 5.32 Å². The molecule has 0 heterocycles. The molecule has 0 aliphatic heterocycles. The summed E-state index contributed by atoms with van der Waals surface area (Å²) in [7, 11) is 0. The molecule has 19 heavy (non-hydrogen) atoms. The van der Waals surface area contributed by atoms with Crippen molar-refractivity contribution in [3.05, 3.63) is 34.6 Å². The lowest BCUT2D eigenvalue weighted by molar-refractivity contribution is 0.0939. The van der Waals surface area contributed by atoms with Crippen molar-refractivity contribution >= 4 is 5.91 Å². The molecular formula is C15H22FNO2. The Morgan fingerprint density at radius 1 is 1.32 bits per heavy atom. The van der Waals surface area contributed by atoms with Crippen LogP contribution in [0.15, 0.2) is 12.1 Å². The second kappa shape index (κ2) is 6.66. The van der Waals surface area contributed by atoms with Crippen LogP contribution in [0.2, 0.25) is 0 Å². The summed E-state index contributed by atoms with van der Waals surface area (Å²) in [6.45, 7) is 7.49. The zero-order chi connectivity index (χ0) is 14.6. The summed E-state index contributed by atoms with van der Waals surface area (Å²) in [6, 6.07) is 3.11. The van der Waals surface area contributed by atoms with Gasteiger partial charge < -0.3 is 10.4 Å². The summed E-state index contributed by atoms with van der Waals surface area (Å²) in [4.78, 5) is 12.0. The molecule has 1 aromatic carbocycles. The average molecular weight is 267 g/mol. The molecule has 0 aliphatic rings. The van der Waals surface area contributed by atoms with Crippen LogP contribution in [0.1, 0.15) is 41.8 Å². The number of benzene rings is 1. The first-order chi connectivity index (χ1) is 8.81. The number of aliphatic hydroxyl groups is 1. The van der Waals surface area contributed by atoms with Crippen LogP contribution in [-0.2, 0) is 0 Å². The van der Waals surface area contributed by atoms with Crippen LogP contribution in [0.25, 0.3) is 0 Å². The van der Waals surface area contributed by atoms with E-state index in [2.05, 4.69) is 5.32 Å². The molecule has 0 saturated heterocycles. The lowest BCUT2D eigenvalue weighted by atomic mass is 10.0. The fraction of sp³-hybridized carbons (Fsp3) is 0.533. The monoisotopic (exact) mass is 267 g/mol. The van der Waals surface area contributed by atoms with Gasteiger partial charge in [-0.05, 0) is 56.4 Å². The summed E-state index contributed by atoms with van der Waals surface area (Å²) in [6.07, 6.45) is 0.268. The molecule has 0 fully saturated rings. The van der Waals surface area contributed by atoms with Crippen LogP contribution in [0.3, 0.4) is 0 Å². The molecule has 2 N–H and O–H groups in total. The van der Waals surface area contributed by atoms with Crippen molar-refractivity contribution in [2.45, 2.75) is 40.2 Å².